The number of benzene rings is 2. The van der Waals surface area contributed by atoms with Crippen molar-refractivity contribution in [3.63, 3.8) is 0 Å². The van der Waals surface area contributed by atoms with Gasteiger partial charge in [0.1, 0.15) is 0 Å². The van der Waals surface area contributed by atoms with Gasteiger partial charge in [0, 0.05) is 25.6 Å². The second-order valence-electron chi connectivity index (χ2n) is 7.52. The van der Waals surface area contributed by atoms with Gasteiger partial charge in [-0.3, -0.25) is 0 Å². The van der Waals surface area contributed by atoms with E-state index in [0.717, 1.165) is 17.7 Å². The topological polar surface area (TPSA) is 53.9 Å². The molecule has 0 saturated carbocycles. The number of urea groups is 1. The van der Waals surface area contributed by atoms with Crippen LogP contribution in [0.2, 0.25) is 0 Å². The highest BCUT2D eigenvalue weighted by molar-refractivity contribution is 9.11. The van der Waals surface area contributed by atoms with Crippen LogP contribution < -0.4 is 5.32 Å². The van der Waals surface area contributed by atoms with Crippen LogP contribution in [-0.2, 0) is 10.4 Å². The fraction of sp³-hybridized carbons (Fsp3) is 0.364. The van der Waals surface area contributed by atoms with Gasteiger partial charge in [-0.25, -0.2) is 9.18 Å². The van der Waals surface area contributed by atoms with Crippen LogP contribution in [0.1, 0.15) is 43.0 Å². The molecule has 0 radical (unpaired) electrons. The van der Waals surface area contributed by atoms with Gasteiger partial charge in [0.25, 0.3) is 5.60 Å². The summed E-state index contributed by atoms with van der Waals surface area (Å²) in [5.74, 6) is -0.710. The lowest BCUT2D eigenvalue weighted by Crippen LogP contribution is -2.42. The normalized spacial score (nSPS) is 19.0. The number of nitrogens with zero attached hydrogens (tertiary/aromatic N) is 2. The van der Waals surface area contributed by atoms with Crippen molar-refractivity contribution in [1.29, 1.82) is 0 Å². The average molecular weight is 595 g/mol. The summed E-state index contributed by atoms with van der Waals surface area (Å²) in [5.41, 5.74) is -1.63. The third-order valence-electron chi connectivity index (χ3n) is 5.65. The Morgan fingerprint density at radius 2 is 1.82 bits per heavy atom. The number of carbonyl (C=O) groups excluding carboxylic acids is 1. The van der Waals surface area contributed by atoms with Gasteiger partial charge < -0.3 is 15.1 Å². The van der Waals surface area contributed by atoms with E-state index < -0.39 is 24.0 Å². The van der Waals surface area contributed by atoms with Gasteiger partial charge in [-0.1, -0.05) is 29.4 Å². The van der Waals surface area contributed by atoms with Gasteiger partial charge in [0.05, 0.1) is 20.7 Å². The Kier molecular flexibility index (Phi) is 7.42. The van der Waals surface area contributed by atoms with Crippen LogP contribution in [-0.4, -0.2) is 36.4 Å². The second-order valence-corrected chi connectivity index (χ2v) is 9.23. The van der Waals surface area contributed by atoms with E-state index in [1.165, 1.54) is 0 Å². The summed E-state index contributed by atoms with van der Waals surface area (Å²) in [4.78, 5) is 18.7. The number of halogens is 6. The largest absolute Gasteiger partial charge is 0.435 e. The Labute approximate surface area is 205 Å². The fourth-order valence-corrected chi connectivity index (χ4v) is 4.90. The number of rotatable bonds is 5. The molecule has 1 N–H and O–H groups in total. The fourth-order valence-electron chi connectivity index (χ4n) is 3.72. The van der Waals surface area contributed by atoms with E-state index in [2.05, 4.69) is 42.3 Å². The minimum atomic E-state index is -4.81. The van der Waals surface area contributed by atoms with Crippen molar-refractivity contribution < 1.29 is 27.2 Å². The van der Waals surface area contributed by atoms with Crippen LogP contribution in [0.4, 0.5) is 22.4 Å². The maximum Gasteiger partial charge on any atom is 0.435 e. The molecule has 0 saturated heterocycles. The smallest absolute Gasteiger partial charge is 0.374 e. The first-order valence-electron chi connectivity index (χ1n) is 10.0. The molecule has 178 valence electrons. The molecule has 2 atom stereocenters. The Bertz CT molecular complexity index is 1050. The van der Waals surface area contributed by atoms with Gasteiger partial charge in [-0.2, -0.15) is 13.2 Å². The van der Waals surface area contributed by atoms with Crippen LogP contribution in [0.3, 0.4) is 0 Å². The third-order valence-corrected chi connectivity index (χ3v) is 6.80. The first-order chi connectivity index (χ1) is 15.4. The van der Waals surface area contributed by atoms with Crippen molar-refractivity contribution in [2.45, 2.75) is 38.1 Å². The van der Waals surface area contributed by atoms with E-state index in [1.54, 1.807) is 36.2 Å². The predicted octanol–water partition coefficient (Wildman–Crippen LogP) is 6.66. The van der Waals surface area contributed by atoms with Crippen molar-refractivity contribution in [1.82, 2.24) is 10.2 Å². The zero-order valence-electron chi connectivity index (χ0n) is 17.9. The second kappa shape index (κ2) is 9.61. The lowest BCUT2D eigenvalue weighted by Gasteiger charge is -2.30. The number of hydrogen-bond donors (Lipinski definition) is 1. The molecule has 2 amide bonds. The molecule has 5 nitrogen and oxygen atoms in total. The molecule has 2 aromatic rings. The first kappa shape index (κ1) is 25.5. The number of alkyl halides is 3. The van der Waals surface area contributed by atoms with Crippen molar-refractivity contribution in [2.75, 3.05) is 13.6 Å². The van der Waals surface area contributed by atoms with Crippen LogP contribution in [0, 0.1) is 5.82 Å². The zero-order valence-corrected chi connectivity index (χ0v) is 21.1. The van der Waals surface area contributed by atoms with E-state index in [1.807, 2.05) is 13.8 Å². The lowest BCUT2D eigenvalue weighted by molar-refractivity contribution is -0.275. The van der Waals surface area contributed by atoms with Gasteiger partial charge in [0.2, 0.25) is 0 Å². The number of oxime groups is 1. The Balaban J connectivity index is 1.90. The summed E-state index contributed by atoms with van der Waals surface area (Å²) in [6, 6.07) is 8.41. The van der Waals surface area contributed by atoms with Crippen molar-refractivity contribution in [3.8, 4) is 0 Å². The number of amides is 2. The Morgan fingerprint density at radius 3 is 2.30 bits per heavy atom. The Hall–Kier alpha value is -2.14. The van der Waals surface area contributed by atoms with Crippen LogP contribution in [0.25, 0.3) is 0 Å². The summed E-state index contributed by atoms with van der Waals surface area (Å²) >= 11 is 5.90. The monoisotopic (exact) mass is 593 g/mol. The van der Waals surface area contributed by atoms with E-state index in [-0.39, 0.29) is 32.3 Å². The van der Waals surface area contributed by atoms with Crippen LogP contribution >= 0.6 is 31.9 Å². The standard InChI is InChI=1S/C22H21Br2F4N3O2/c1-4-31(20(32)29-3)12(2)13-5-7-14(8-6-13)18-11-21(33-30-18,22(26,27)28)15-9-16(23)19(25)17(24)10-15/h5-10,12H,4,11H2,1-3H3,(H,29,32). The quantitative estimate of drug-likeness (QED) is 0.311. The molecule has 0 aromatic heterocycles. The first-order valence-corrected chi connectivity index (χ1v) is 11.6. The zero-order chi connectivity index (χ0) is 24.6. The SMILES string of the molecule is CCN(C(=O)NC)C(C)c1ccc(C2=NOC(c3cc(Br)c(F)c(Br)c3)(C(F)(F)F)C2)cc1. The molecular weight excluding hydrogens is 574 g/mol. The highest BCUT2D eigenvalue weighted by atomic mass is 79.9. The predicted molar refractivity (Wildman–Crippen MR) is 123 cm³/mol. The summed E-state index contributed by atoms with van der Waals surface area (Å²) in [6.45, 7) is 4.20. The molecule has 3 rings (SSSR count). The van der Waals surface area contributed by atoms with Crippen LogP contribution in [0.15, 0.2) is 50.5 Å². The molecule has 0 fully saturated rings. The number of nitrogens with one attached hydrogen (secondary N) is 1. The molecule has 1 aliphatic rings. The third kappa shape index (κ3) is 4.75. The van der Waals surface area contributed by atoms with Gasteiger partial charge in [-0.15, -0.1) is 0 Å². The molecule has 1 heterocycles. The molecule has 2 unspecified atom stereocenters. The van der Waals surface area contributed by atoms with Crippen LogP contribution in [0.5, 0.6) is 0 Å². The van der Waals surface area contributed by atoms with Gasteiger partial charge in [0.15, 0.2) is 5.82 Å². The summed E-state index contributed by atoms with van der Waals surface area (Å²) in [5, 5.41) is 6.34. The van der Waals surface area contributed by atoms with E-state index in [0.29, 0.717) is 12.1 Å². The lowest BCUT2D eigenvalue weighted by atomic mass is 9.86. The molecule has 0 aliphatic carbocycles. The van der Waals surface area contributed by atoms with E-state index >= 15 is 0 Å². The highest BCUT2D eigenvalue weighted by Crippen LogP contribution is 2.50. The summed E-state index contributed by atoms with van der Waals surface area (Å²) in [7, 11) is 1.55. The van der Waals surface area contributed by atoms with Gasteiger partial charge >= 0.3 is 12.2 Å². The van der Waals surface area contributed by atoms with Crippen molar-refractivity contribution in [3.05, 3.63) is 67.9 Å². The van der Waals surface area contributed by atoms with E-state index in [9.17, 15) is 22.4 Å². The minimum Gasteiger partial charge on any atom is -0.374 e. The number of carbonyl (C=O) groups is 1. The maximum absolute atomic E-state index is 14.2. The molecule has 11 heteroatoms. The van der Waals surface area contributed by atoms with E-state index in [4.69, 9.17) is 4.84 Å². The summed E-state index contributed by atoms with van der Waals surface area (Å²) in [6.07, 6.45) is -5.38. The molecule has 0 spiro atoms. The molecular formula is C22H21Br2F4N3O2. The molecule has 2 aromatic carbocycles. The highest BCUT2D eigenvalue weighted by Gasteiger charge is 2.62. The minimum absolute atomic E-state index is 0.113. The molecule has 1 aliphatic heterocycles. The Morgan fingerprint density at radius 1 is 1.24 bits per heavy atom. The maximum atomic E-state index is 14.2. The average Bonchev–Trinajstić information content (AvgIpc) is 3.24. The number of hydrogen-bond acceptors (Lipinski definition) is 3. The van der Waals surface area contributed by atoms with Gasteiger partial charge in [-0.05, 0) is 69.0 Å². The van der Waals surface area contributed by atoms with Crippen molar-refractivity contribution >= 4 is 43.6 Å². The molecule has 0 bridgehead atoms. The van der Waals surface area contributed by atoms with Crippen molar-refractivity contribution in [2.24, 2.45) is 5.16 Å². The summed E-state index contributed by atoms with van der Waals surface area (Å²) < 4.78 is 56.3. The molecule has 33 heavy (non-hydrogen) atoms.